The summed E-state index contributed by atoms with van der Waals surface area (Å²) in [6, 6.07) is 0. The first kappa shape index (κ1) is 17.7. The molecular weight excluding hydrogens is 216 g/mol. The lowest BCUT2D eigenvalue weighted by Gasteiger charge is -2.03. The van der Waals surface area contributed by atoms with Crippen molar-refractivity contribution in [3.63, 3.8) is 0 Å². The second kappa shape index (κ2) is 13.2. The van der Waals surface area contributed by atoms with Crippen LogP contribution in [0.25, 0.3) is 0 Å². The lowest BCUT2D eigenvalue weighted by Crippen LogP contribution is -1.87. The molecule has 0 N–H and O–H groups in total. The average molecular weight is 252 g/mol. The zero-order valence-electron chi connectivity index (χ0n) is 13.4. The molecule has 0 aliphatic rings. The third-order valence-electron chi connectivity index (χ3n) is 3.48. The van der Waals surface area contributed by atoms with Gasteiger partial charge in [0.05, 0.1) is 0 Å². The summed E-state index contributed by atoms with van der Waals surface area (Å²) in [6.45, 7) is 9.25. The minimum Gasteiger partial charge on any atom is -0.0885 e. The molecule has 0 spiro atoms. The highest BCUT2D eigenvalue weighted by molar-refractivity contribution is 4.81. The fraction of sp³-hybridized carbons (Fsp3) is 0.889. The summed E-state index contributed by atoms with van der Waals surface area (Å²) < 4.78 is 0. The van der Waals surface area contributed by atoms with E-state index in [1.807, 2.05) is 0 Å². The molecular formula is C18H36. The second-order valence-corrected chi connectivity index (χ2v) is 6.54. The lowest BCUT2D eigenvalue weighted by molar-refractivity contribution is 0.512. The fourth-order valence-corrected chi connectivity index (χ4v) is 2.19. The van der Waals surface area contributed by atoms with Crippen LogP contribution in [-0.4, -0.2) is 0 Å². The normalized spacial score (nSPS) is 12.1. The van der Waals surface area contributed by atoms with Crippen LogP contribution in [-0.2, 0) is 0 Å². The van der Waals surface area contributed by atoms with E-state index >= 15 is 0 Å². The Kier molecular flexibility index (Phi) is 13.0. The number of allylic oxidation sites excluding steroid dienone is 2. The van der Waals surface area contributed by atoms with E-state index in [0.29, 0.717) is 0 Å². The Morgan fingerprint density at radius 2 is 1.06 bits per heavy atom. The van der Waals surface area contributed by atoms with Crippen LogP contribution < -0.4 is 0 Å². The third kappa shape index (κ3) is 15.7. The Balaban J connectivity index is 3.07. The van der Waals surface area contributed by atoms with Crippen molar-refractivity contribution in [2.24, 2.45) is 11.8 Å². The SMILES string of the molecule is CC(C)CC/C=C/CCCCCCCCC(C)C. The maximum Gasteiger partial charge on any atom is -0.0348 e. The van der Waals surface area contributed by atoms with Gasteiger partial charge in [0.2, 0.25) is 0 Å². The van der Waals surface area contributed by atoms with Crippen LogP contribution in [0, 0.1) is 11.8 Å². The zero-order chi connectivity index (χ0) is 13.6. The first-order valence-electron chi connectivity index (χ1n) is 8.28. The van der Waals surface area contributed by atoms with E-state index in [2.05, 4.69) is 39.8 Å². The van der Waals surface area contributed by atoms with Crippen LogP contribution in [0.1, 0.15) is 91.9 Å². The van der Waals surface area contributed by atoms with E-state index < -0.39 is 0 Å². The molecule has 0 nitrogen and oxygen atoms in total. The van der Waals surface area contributed by atoms with Gasteiger partial charge in [-0.3, -0.25) is 0 Å². The molecule has 0 aromatic carbocycles. The monoisotopic (exact) mass is 252 g/mol. The van der Waals surface area contributed by atoms with E-state index in [-0.39, 0.29) is 0 Å². The standard InChI is InChI=1S/C18H36/c1-17(2)15-13-11-9-7-5-6-8-10-12-14-16-18(3)4/h9,11,17-18H,5-8,10,12-16H2,1-4H3/b11-9+. The van der Waals surface area contributed by atoms with E-state index in [0.717, 1.165) is 11.8 Å². The molecule has 0 bridgehead atoms. The molecule has 0 aromatic heterocycles. The molecule has 0 heteroatoms. The number of rotatable bonds is 12. The zero-order valence-corrected chi connectivity index (χ0v) is 13.4. The topological polar surface area (TPSA) is 0 Å². The highest BCUT2D eigenvalue weighted by atomic mass is 14.0. The highest BCUT2D eigenvalue weighted by Gasteiger charge is 1.94. The van der Waals surface area contributed by atoms with Crippen molar-refractivity contribution >= 4 is 0 Å². The first-order valence-corrected chi connectivity index (χ1v) is 8.28. The molecule has 0 fully saturated rings. The summed E-state index contributed by atoms with van der Waals surface area (Å²) in [5, 5.41) is 0. The van der Waals surface area contributed by atoms with Crippen molar-refractivity contribution in [3.05, 3.63) is 12.2 Å². The van der Waals surface area contributed by atoms with Crippen molar-refractivity contribution < 1.29 is 0 Å². The predicted molar refractivity (Wildman–Crippen MR) is 85.0 cm³/mol. The molecule has 0 atom stereocenters. The molecule has 18 heavy (non-hydrogen) atoms. The molecule has 0 amide bonds. The van der Waals surface area contributed by atoms with Crippen molar-refractivity contribution in [2.75, 3.05) is 0 Å². The molecule has 108 valence electrons. The minimum atomic E-state index is 0.848. The quantitative estimate of drug-likeness (QED) is 0.266. The van der Waals surface area contributed by atoms with E-state index in [9.17, 15) is 0 Å². The molecule has 0 aromatic rings. The van der Waals surface area contributed by atoms with Crippen LogP contribution in [0.5, 0.6) is 0 Å². The third-order valence-corrected chi connectivity index (χ3v) is 3.48. The van der Waals surface area contributed by atoms with Gasteiger partial charge in [-0.05, 0) is 37.5 Å². The van der Waals surface area contributed by atoms with Crippen molar-refractivity contribution in [1.82, 2.24) is 0 Å². The smallest absolute Gasteiger partial charge is 0.0348 e. The number of hydrogen-bond donors (Lipinski definition) is 0. The first-order chi connectivity index (χ1) is 8.63. The van der Waals surface area contributed by atoms with Gasteiger partial charge in [0.15, 0.2) is 0 Å². The summed E-state index contributed by atoms with van der Waals surface area (Å²) in [4.78, 5) is 0. The largest absolute Gasteiger partial charge is 0.0885 e. The van der Waals surface area contributed by atoms with Gasteiger partial charge >= 0.3 is 0 Å². The van der Waals surface area contributed by atoms with Gasteiger partial charge in [0, 0.05) is 0 Å². The van der Waals surface area contributed by atoms with Gasteiger partial charge in [0.25, 0.3) is 0 Å². The fourth-order valence-electron chi connectivity index (χ4n) is 2.19. The average Bonchev–Trinajstić information content (AvgIpc) is 2.29. The Labute approximate surface area is 116 Å². The maximum absolute atomic E-state index is 2.39. The summed E-state index contributed by atoms with van der Waals surface area (Å²) >= 11 is 0. The van der Waals surface area contributed by atoms with Crippen LogP contribution >= 0.6 is 0 Å². The van der Waals surface area contributed by atoms with Crippen LogP contribution in [0.4, 0.5) is 0 Å². The number of hydrogen-bond acceptors (Lipinski definition) is 0. The maximum atomic E-state index is 2.39. The molecule has 0 aliphatic carbocycles. The minimum absolute atomic E-state index is 0.848. The highest BCUT2D eigenvalue weighted by Crippen LogP contribution is 2.12. The van der Waals surface area contributed by atoms with Gasteiger partial charge in [-0.2, -0.15) is 0 Å². The summed E-state index contributed by atoms with van der Waals surface area (Å²) in [6.07, 6.45) is 18.7. The molecule has 0 heterocycles. The summed E-state index contributed by atoms with van der Waals surface area (Å²) in [5.74, 6) is 1.74. The van der Waals surface area contributed by atoms with Crippen molar-refractivity contribution in [3.8, 4) is 0 Å². The Morgan fingerprint density at radius 1 is 0.556 bits per heavy atom. The summed E-state index contributed by atoms with van der Waals surface area (Å²) in [7, 11) is 0. The van der Waals surface area contributed by atoms with E-state index in [1.54, 1.807) is 0 Å². The number of unbranched alkanes of at least 4 members (excludes halogenated alkanes) is 6. The van der Waals surface area contributed by atoms with Gasteiger partial charge in [-0.25, -0.2) is 0 Å². The molecule has 0 radical (unpaired) electrons. The van der Waals surface area contributed by atoms with Crippen LogP contribution in [0.2, 0.25) is 0 Å². The van der Waals surface area contributed by atoms with Gasteiger partial charge in [0.1, 0.15) is 0 Å². The molecule has 0 aliphatic heterocycles. The van der Waals surface area contributed by atoms with Crippen molar-refractivity contribution in [1.29, 1.82) is 0 Å². The lowest BCUT2D eigenvalue weighted by atomic mass is 10.0. The van der Waals surface area contributed by atoms with Gasteiger partial charge < -0.3 is 0 Å². The molecule has 0 saturated heterocycles. The van der Waals surface area contributed by atoms with E-state index in [1.165, 1.54) is 64.2 Å². The molecule has 0 rings (SSSR count). The Hall–Kier alpha value is -0.260. The van der Waals surface area contributed by atoms with Crippen LogP contribution in [0.15, 0.2) is 12.2 Å². The van der Waals surface area contributed by atoms with Crippen molar-refractivity contribution in [2.45, 2.75) is 91.9 Å². The molecule has 0 unspecified atom stereocenters. The van der Waals surface area contributed by atoms with E-state index in [4.69, 9.17) is 0 Å². The second-order valence-electron chi connectivity index (χ2n) is 6.54. The molecule has 0 saturated carbocycles. The van der Waals surface area contributed by atoms with Crippen LogP contribution in [0.3, 0.4) is 0 Å². The van der Waals surface area contributed by atoms with Gasteiger partial charge in [-0.15, -0.1) is 0 Å². The Morgan fingerprint density at radius 3 is 1.67 bits per heavy atom. The Bertz CT molecular complexity index is 176. The van der Waals surface area contributed by atoms with Gasteiger partial charge in [-0.1, -0.05) is 78.4 Å². The summed E-state index contributed by atoms with van der Waals surface area (Å²) in [5.41, 5.74) is 0. The predicted octanol–water partition coefficient (Wildman–Crippen LogP) is 6.76.